The van der Waals surface area contributed by atoms with Crippen molar-refractivity contribution < 1.29 is 4.52 Å². The summed E-state index contributed by atoms with van der Waals surface area (Å²) in [4.78, 5) is 18.1. The number of nitrogens with zero attached hydrogens (tertiary/aromatic N) is 4. The normalized spacial score (nSPS) is 18.7. The standard InChI is InChI=1S/C13H16ClN5O2/c1-7(2)13-16-11(18-21-13)8-4-3-5-19(8)9-6-15-17-12(20)10(9)14/h6-8H,3-5H2,1-2H3,(H,17,20). The molecule has 1 fully saturated rings. The van der Waals surface area contributed by atoms with Gasteiger partial charge >= 0.3 is 0 Å². The van der Waals surface area contributed by atoms with Gasteiger partial charge in [-0.15, -0.1) is 0 Å². The van der Waals surface area contributed by atoms with E-state index >= 15 is 0 Å². The van der Waals surface area contributed by atoms with E-state index in [0.717, 1.165) is 19.4 Å². The summed E-state index contributed by atoms with van der Waals surface area (Å²) in [6.45, 7) is 4.78. The largest absolute Gasteiger partial charge is 0.358 e. The zero-order valence-electron chi connectivity index (χ0n) is 11.8. The molecule has 1 aliphatic heterocycles. The molecule has 0 aliphatic carbocycles. The van der Waals surface area contributed by atoms with Crippen LogP contribution in [0.15, 0.2) is 15.5 Å². The van der Waals surface area contributed by atoms with Gasteiger partial charge in [-0.3, -0.25) is 4.79 Å². The van der Waals surface area contributed by atoms with Crippen molar-refractivity contribution in [1.82, 2.24) is 20.3 Å². The van der Waals surface area contributed by atoms with Crippen LogP contribution >= 0.6 is 11.6 Å². The Kier molecular flexibility index (Phi) is 3.67. The smallest absolute Gasteiger partial charge is 0.285 e. The van der Waals surface area contributed by atoms with Gasteiger partial charge in [0.05, 0.1) is 17.9 Å². The quantitative estimate of drug-likeness (QED) is 0.935. The molecule has 0 aromatic carbocycles. The van der Waals surface area contributed by atoms with Crippen LogP contribution in [0.3, 0.4) is 0 Å². The number of rotatable bonds is 3. The molecule has 1 unspecified atom stereocenters. The average Bonchev–Trinajstić information content (AvgIpc) is 3.09. The molecule has 0 spiro atoms. The molecule has 3 heterocycles. The van der Waals surface area contributed by atoms with Crippen LogP contribution in [0.2, 0.25) is 5.02 Å². The summed E-state index contributed by atoms with van der Waals surface area (Å²) in [5, 5.41) is 10.4. The first-order chi connectivity index (χ1) is 10.1. The number of anilines is 1. The highest BCUT2D eigenvalue weighted by Gasteiger charge is 2.32. The molecule has 8 heteroatoms. The lowest BCUT2D eigenvalue weighted by molar-refractivity contribution is 0.358. The van der Waals surface area contributed by atoms with Gasteiger partial charge in [0, 0.05) is 12.5 Å². The third kappa shape index (κ3) is 2.53. The zero-order valence-corrected chi connectivity index (χ0v) is 12.6. The van der Waals surface area contributed by atoms with Gasteiger partial charge < -0.3 is 9.42 Å². The van der Waals surface area contributed by atoms with Crippen LogP contribution in [0.1, 0.15) is 50.4 Å². The van der Waals surface area contributed by atoms with Gasteiger partial charge in [0.2, 0.25) is 5.89 Å². The van der Waals surface area contributed by atoms with Crippen LogP contribution in [0.4, 0.5) is 5.69 Å². The molecule has 2 aromatic heterocycles. The van der Waals surface area contributed by atoms with E-state index in [2.05, 4.69) is 20.3 Å². The maximum absolute atomic E-state index is 11.6. The molecule has 1 N–H and O–H groups in total. The number of aromatic amines is 1. The number of halogens is 1. The summed E-state index contributed by atoms with van der Waals surface area (Å²) in [7, 11) is 0. The summed E-state index contributed by atoms with van der Waals surface area (Å²) >= 11 is 6.09. The maximum atomic E-state index is 11.6. The van der Waals surface area contributed by atoms with Gasteiger partial charge in [-0.1, -0.05) is 30.6 Å². The van der Waals surface area contributed by atoms with Crippen LogP contribution in [0.5, 0.6) is 0 Å². The molecule has 7 nitrogen and oxygen atoms in total. The fourth-order valence-electron chi connectivity index (χ4n) is 2.51. The minimum Gasteiger partial charge on any atom is -0.358 e. The topological polar surface area (TPSA) is 87.9 Å². The van der Waals surface area contributed by atoms with Gasteiger partial charge in [-0.2, -0.15) is 10.1 Å². The van der Waals surface area contributed by atoms with Crippen LogP contribution in [0.25, 0.3) is 0 Å². The lowest BCUT2D eigenvalue weighted by Gasteiger charge is -2.24. The fourth-order valence-corrected chi connectivity index (χ4v) is 2.71. The van der Waals surface area contributed by atoms with Gasteiger partial charge in [-0.05, 0) is 12.8 Å². The molecule has 1 aliphatic rings. The van der Waals surface area contributed by atoms with Crippen LogP contribution in [-0.4, -0.2) is 26.9 Å². The molecule has 0 radical (unpaired) electrons. The number of hydrogen-bond acceptors (Lipinski definition) is 6. The Hall–Kier alpha value is -1.89. The molecule has 21 heavy (non-hydrogen) atoms. The maximum Gasteiger partial charge on any atom is 0.285 e. The minimum absolute atomic E-state index is 0.0395. The number of H-pyrrole nitrogens is 1. The van der Waals surface area contributed by atoms with Crippen molar-refractivity contribution in [3.63, 3.8) is 0 Å². The Labute approximate surface area is 126 Å². The summed E-state index contributed by atoms with van der Waals surface area (Å²) < 4.78 is 5.27. The van der Waals surface area contributed by atoms with Gasteiger partial charge in [0.15, 0.2) is 5.82 Å². The van der Waals surface area contributed by atoms with Gasteiger partial charge in [-0.25, -0.2) is 5.10 Å². The molecule has 0 amide bonds. The van der Waals surface area contributed by atoms with E-state index in [9.17, 15) is 4.79 Å². The Morgan fingerprint density at radius 3 is 3.05 bits per heavy atom. The van der Waals surface area contributed by atoms with Crippen molar-refractivity contribution in [3.8, 4) is 0 Å². The van der Waals surface area contributed by atoms with E-state index in [4.69, 9.17) is 16.1 Å². The molecular formula is C13H16ClN5O2. The van der Waals surface area contributed by atoms with Crippen molar-refractivity contribution in [2.24, 2.45) is 0 Å². The SMILES string of the molecule is CC(C)c1nc(C2CCCN2c2cn[nH]c(=O)c2Cl)no1. The zero-order chi connectivity index (χ0) is 15.0. The molecule has 1 saturated heterocycles. The predicted octanol–water partition coefficient (Wildman–Crippen LogP) is 2.27. The molecule has 1 atom stereocenters. The Morgan fingerprint density at radius 1 is 1.52 bits per heavy atom. The van der Waals surface area contributed by atoms with Crippen molar-refractivity contribution in [3.05, 3.63) is 33.3 Å². The first-order valence-electron chi connectivity index (χ1n) is 6.91. The second-order valence-electron chi connectivity index (χ2n) is 5.40. The van der Waals surface area contributed by atoms with E-state index in [1.165, 1.54) is 0 Å². The van der Waals surface area contributed by atoms with E-state index < -0.39 is 5.56 Å². The van der Waals surface area contributed by atoms with Crippen molar-refractivity contribution >= 4 is 17.3 Å². The summed E-state index contributed by atoms with van der Waals surface area (Å²) in [6, 6.07) is -0.0395. The lowest BCUT2D eigenvalue weighted by atomic mass is 10.2. The van der Waals surface area contributed by atoms with Crippen LogP contribution in [-0.2, 0) is 0 Å². The third-order valence-electron chi connectivity index (χ3n) is 3.59. The highest BCUT2D eigenvalue weighted by molar-refractivity contribution is 6.33. The highest BCUT2D eigenvalue weighted by atomic mass is 35.5. The van der Waals surface area contributed by atoms with Crippen LogP contribution in [0, 0.1) is 0 Å². The fraction of sp³-hybridized carbons (Fsp3) is 0.538. The average molecular weight is 310 g/mol. The van der Waals surface area contributed by atoms with E-state index in [1.807, 2.05) is 18.7 Å². The third-order valence-corrected chi connectivity index (χ3v) is 3.95. The number of hydrogen-bond donors (Lipinski definition) is 1. The Bertz CT molecular complexity index is 696. The van der Waals surface area contributed by atoms with Crippen molar-refractivity contribution in [2.75, 3.05) is 11.4 Å². The monoisotopic (exact) mass is 309 g/mol. The van der Waals surface area contributed by atoms with E-state index in [-0.39, 0.29) is 17.0 Å². The molecule has 2 aromatic rings. The van der Waals surface area contributed by atoms with E-state index in [1.54, 1.807) is 6.20 Å². The Balaban J connectivity index is 1.95. The van der Waals surface area contributed by atoms with Crippen molar-refractivity contribution in [1.29, 1.82) is 0 Å². The number of nitrogens with one attached hydrogen (secondary N) is 1. The summed E-state index contributed by atoms with van der Waals surface area (Å²) in [6.07, 6.45) is 3.42. The van der Waals surface area contributed by atoms with Crippen molar-refractivity contribution in [2.45, 2.75) is 38.6 Å². The highest BCUT2D eigenvalue weighted by Crippen LogP contribution is 2.36. The summed E-state index contributed by atoms with van der Waals surface area (Å²) in [5.74, 6) is 1.44. The second kappa shape index (κ2) is 5.48. The second-order valence-corrected chi connectivity index (χ2v) is 5.77. The van der Waals surface area contributed by atoms with Gasteiger partial charge in [0.25, 0.3) is 5.56 Å². The molecule has 0 saturated carbocycles. The predicted molar refractivity (Wildman–Crippen MR) is 77.6 cm³/mol. The molecule has 0 bridgehead atoms. The van der Waals surface area contributed by atoms with E-state index in [0.29, 0.717) is 17.4 Å². The van der Waals surface area contributed by atoms with Gasteiger partial charge in [0.1, 0.15) is 5.02 Å². The summed E-state index contributed by atoms with van der Waals surface area (Å²) in [5.41, 5.74) is 0.217. The number of aromatic nitrogens is 4. The first kappa shape index (κ1) is 14.1. The molecule has 3 rings (SSSR count). The molecule has 112 valence electrons. The van der Waals surface area contributed by atoms with Crippen LogP contribution < -0.4 is 10.5 Å². The Morgan fingerprint density at radius 2 is 2.33 bits per heavy atom. The molecular weight excluding hydrogens is 294 g/mol. The first-order valence-corrected chi connectivity index (χ1v) is 7.29. The minimum atomic E-state index is -0.393. The lowest BCUT2D eigenvalue weighted by Crippen LogP contribution is -2.26.